The summed E-state index contributed by atoms with van der Waals surface area (Å²) in [5.74, 6) is 1.93. The van der Waals surface area contributed by atoms with E-state index in [9.17, 15) is 4.79 Å². The number of ether oxygens (including phenoxy) is 3. The molecule has 3 heterocycles. The van der Waals surface area contributed by atoms with Crippen LogP contribution in [0.15, 0.2) is 42.6 Å². The van der Waals surface area contributed by atoms with E-state index in [2.05, 4.69) is 4.98 Å². The van der Waals surface area contributed by atoms with Crippen molar-refractivity contribution in [3.63, 3.8) is 0 Å². The first-order valence-corrected chi connectivity index (χ1v) is 9.29. The van der Waals surface area contributed by atoms with Crippen molar-refractivity contribution in [3.05, 3.63) is 48.2 Å². The van der Waals surface area contributed by atoms with Gasteiger partial charge in [-0.3, -0.25) is 4.79 Å². The van der Waals surface area contributed by atoms with Gasteiger partial charge in [0.05, 0.1) is 6.54 Å². The van der Waals surface area contributed by atoms with Crippen molar-refractivity contribution < 1.29 is 19.0 Å². The van der Waals surface area contributed by atoms with Crippen LogP contribution >= 0.6 is 0 Å². The molecule has 6 heteroatoms. The molecule has 27 heavy (non-hydrogen) atoms. The van der Waals surface area contributed by atoms with Crippen LogP contribution in [-0.2, 0) is 11.2 Å². The molecule has 1 aromatic carbocycles. The monoisotopic (exact) mass is 368 g/mol. The molecule has 1 saturated heterocycles. The van der Waals surface area contributed by atoms with Crippen LogP contribution in [0.5, 0.6) is 17.4 Å². The van der Waals surface area contributed by atoms with Gasteiger partial charge < -0.3 is 19.1 Å². The molecule has 6 nitrogen and oxygen atoms in total. The lowest BCUT2D eigenvalue weighted by atomic mass is 10.0. The standard InChI is InChI=1S/C21H24N2O4/c1-21(2)12-15-6-5-7-17(20(15)27-21)25-14-19(24)23-11-9-16(13-23)26-18-8-3-4-10-22-18/h3-8,10,16H,9,11-14H2,1-2H3. The first kappa shape index (κ1) is 17.6. The highest BCUT2D eigenvalue weighted by Gasteiger charge is 2.33. The van der Waals surface area contributed by atoms with Crippen molar-refractivity contribution in [2.75, 3.05) is 19.7 Å². The summed E-state index contributed by atoms with van der Waals surface area (Å²) >= 11 is 0. The maximum atomic E-state index is 12.5. The number of benzene rings is 1. The van der Waals surface area contributed by atoms with Gasteiger partial charge in [-0.15, -0.1) is 0 Å². The third-order valence-corrected chi connectivity index (χ3v) is 4.83. The zero-order valence-corrected chi connectivity index (χ0v) is 15.7. The highest BCUT2D eigenvalue weighted by atomic mass is 16.5. The molecule has 2 aliphatic rings. The zero-order valence-electron chi connectivity index (χ0n) is 15.7. The summed E-state index contributed by atoms with van der Waals surface area (Å²) in [6.45, 7) is 5.31. The fourth-order valence-corrected chi connectivity index (χ4v) is 3.57. The number of pyridine rings is 1. The number of para-hydroxylation sites is 1. The number of nitrogens with zero attached hydrogens (tertiary/aromatic N) is 2. The minimum absolute atomic E-state index is 0.00342. The Bertz CT molecular complexity index is 822. The van der Waals surface area contributed by atoms with Crippen molar-refractivity contribution >= 4 is 5.91 Å². The van der Waals surface area contributed by atoms with E-state index in [0.717, 1.165) is 24.2 Å². The molecule has 142 valence electrons. The van der Waals surface area contributed by atoms with Crippen LogP contribution in [0.2, 0.25) is 0 Å². The number of hydrogen-bond acceptors (Lipinski definition) is 5. The highest BCUT2D eigenvalue weighted by molar-refractivity contribution is 5.78. The summed E-state index contributed by atoms with van der Waals surface area (Å²) < 4.78 is 17.6. The summed E-state index contributed by atoms with van der Waals surface area (Å²) in [4.78, 5) is 18.5. The zero-order chi connectivity index (χ0) is 18.9. The second-order valence-corrected chi connectivity index (χ2v) is 7.61. The molecule has 0 aliphatic carbocycles. The Morgan fingerprint density at radius 3 is 3.00 bits per heavy atom. The normalized spacial score (nSPS) is 20.1. The van der Waals surface area contributed by atoms with Gasteiger partial charge in [0.1, 0.15) is 11.7 Å². The molecule has 1 aromatic heterocycles. The van der Waals surface area contributed by atoms with Gasteiger partial charge in [-0.25, -0.2) is 4.98 Å². The van der Waals surface area contributed by atoms with Crippen molar-refractivity contribution in [1.82, 2.24) is 9.88 Å². The summed E-state index contributed by atoms with van der Waals surface area (Å²) in [6, 6.07) is 11.4. The average molecular weight is 368 g/mol. The Kier molecular flexibility index (Phi) is 4.64. The number of carbonyl (C=O) groups is 1. The molecule has 1 atom stereocenters. The molecule has 0 N–H and O–H groups in total. The molecule has 1 amide bonds. The van der Waals surface area contributed by atoms with Crippen molar-refractivity contribution in [3.8, 4) is 17.4 Å². The Hall–Kier alpha value is -2.76. The quantitative estimate of drug-likeness (QED) is 0.812. The molecular formula is C21H24N2O4. The largest absolute Gasteiger partial charge is 0.483 e. The summed E-state index contributed by atoms with van der Waals surface area (Å²) in [5, 5.41) is 0. The number of rotatable bonds is 5. The van der Waals surface area contributed by atoms with Crippen molar-refractivity contribution in [1.29, 1.82) is 0 Å². The molecule has 0 bridgehead atoms. The minimum Gasteiger partial charge on any atom is -0.483 e. The third kappa shape index (κ3) is 3.99. The molecule has 2 aliphatic heterocycles. The van der Waals surface area contributed by atoms with E-state index in [1.807, 2.05) is 50.2 Å². The van der Waals surface area contributed by atoms with Gasteiger partial charge in [0.25, 0.3) is 5.91 Å². The van der Waals surface area contributed by atoms with E-state index >= 15 is 0 Å². The number of fused-ring (bicyclic) bond motifs is 1. The molecule has 1 unspecified atom stereocenters. The van der Waals surface area contributed by atoms with Crippen LogP contribution in [0.1, 0.15) is 25.8 Å². The van der Waals surface area contributed by atoms with E-state index in [-0.39, 0.29) is 24.2 Å². The predicted octanol–water partition coefficient (Wildman–Crippen LogP) is 2.85. The van der Waals surface area contributed by atoms with Gasteiger partial charge in [-0.1, -0.05) is 18.2 Å². The van der Waals surface area contributed by atoms with Gasteiger partial charge in [0.15, 0.2) is 18.1 Å². The number of hydrogen-bond donors (Lipinski definition) is 0. The summed E-state index contributed by atoms with van der Waals surface area (Å²) in [5.41, 5.74) is 0.881. The number of likely N-dealkylation sites (tertiary alicyclic amines) is 1. The van der Waals surface area contributed by atoms with Crippen LogP contribution in [0, 0.1) is 0 Å². The van der Waals surface area contributed by atoms with Gasteiger partial charge in [-0.05, 0) is 26.0 Å². The second kappa shape index (κ2) is 7.10. The van der Waals surface area contributed by atoms with Crippen molar-refractivity contribution in [2.24, 2.45) is 0 Å². The lowest BCUT2D eigenvalue weighted by Gasteiger charge is -2.19. The average Bonchev–Trinajstić information content (AvgIpc) is 3.23. The summed E-state index contributed by atoms with van der Waals surface area (Å²) in [6.07, 6.45) is 3.30. The third-order valence-electron chi connectivity index (χ3n) is 4.83. The van der Waals surface area contributed by atoms with Gasteiger partial charge in [0, 0.05) is 37.2 Å². The van der Waals surface area contributed by atoms with Gasteiger partial charge in [0.2, 0.25) is 5.88 Å². The maximum Gasteiger partial charge on any atom is 0.260 e. The van der Waals surface area contributed by atoms with Crippen LogP contribution in [0.4, 0.5) is 0 Å². The van der Waals surface area contributed by atoms with Crippen LogP contribution in [0.25, 0.3) is 0 Å². The van der Waals surface area contributed by atoms with Crippen LogP contribution < -0.4 is 14.2 Å². The lowest BCUT2D eigenvalue weighted by molar-refractivity contribution is -0.132. The lowest BCUT2D eigenvalue weighted by Crippen LogP contribution is -2.34. The van der Waals surface area contributed by atoms with Crippen molar-refractivity contribution in [2.45, 2.75) is 38.4 Å². The highest BCUT2D eigenvalue weighted by Crippen LogP contribution is 2.41. The Balaban J connectivity index is 1.32. The van der Waals surface area contributed by atoms with E-state index in [1.54, 1.807) is 11.1 Å². The molecule has 1 fully saturated rings. The molecular weight excluding hydrogens is 344 g/mol. The SMILES string of the molecule is CC1(C)Cc2cccc(OCC(=O)N3CCC(Oc4ccccn4)C3)c2O1. The Morgan fingerprint density at radius 2 is 2.19 bits per heavy atom. The van der Waals surface area contributed by atoms with E-state index in [0.29, 0.717) is 24.7 Å². The van der Waals surface area contributed by atoms with E-state index in [4.69, 9.17) is 14.2 Å². The van der Waals surface area contributed by atoms with Gasteiger partial charge >= 0.3 is 0 Å². The molecule has 0 radical (unpaired) electrons. The Labute approximate surface area is 159 Å². The molecule has 0 saturated carbocycles. The number of carbonyl (C=O) groups excluding carboxylic acids is 1. The smallest absolute Gasteiger partial charge is 0.260 e. The topological polar surface area (TPSA) is 60.9 Å². The Morgan fingerprint density at radius 1 is 1.30 bits per heavy atom. The predicted molar refractivity (Wildman–Crippen MR) is 100 cm³/mol. The fourth-order valence-electron chi connectivity index (χ4n) is 3.57. The maximum absolute atomic E-state index is 12.5. The minimum atomic E-state index is -0.239. The van der Waals surface area contributed by atoms with E-state index in [1.165, 1.54) is 0 Å². The van der Waals surface area contributed by atoms with Crippen LogP contribution in [-0.4, -0.2) is 47.2 Å². The first-order chi connectivity index (χ1) is 13.0. The van der Waals surface area contributed by atoms with Crippen LogP contribution in [0.3, 0.4) is 0 Å². The molecule has 0 spiro atoms. The molecule has 4 rings (SSSR count). The summed E-state index contributed by atoms with van der Waals surface area (Å²) in [7, 11) is 0. The fraction of sp³-hybridized carbons (Fsp3) is 0.429. The van der Waals surface area contributed by atoms with E-state index < -0.39 is 0 Å². The number of amides is 1. The second-order valence-electron chi connectivity index (χ2n) is 7.61. The first-order valence-electron chi connectivity index (χ1n) is 9.29. The van der Waals surface area contributed by atoms with Gasteiger partial charge in [-0.2, -0.15) is 0 Å². The number of aromatic nitrogens is 1. The molecule has 2 aromatic rings.